The summed E-state index contributed by atoms with van der Waals surface area (Å²) in [6, 6.07) is 13.2. The maximum absolute atomic E-state index is 13.6. The number of alkyl halides is 3. The van der Waals surface area contributed by atoms with Crippen molar-refractivity contribution in [3.63, 3.8) is 0 Å². The van der Waals surface area contributed by atoms with E-state index >= 15 is 0 Å². The molecule has 0 fully saturated rings. The number of benzene rings is 2. The number of carbonyl (C=O) groups is 2. The summed E-state index contributed by atoms with van der Waals surface area (Å²) < 4.78 is 41.8. The molecule has 2 heterocycles. The molecule has 3 N–H and O–H groups in total. The lowest BCUT2D eigenvalue weighted by atomic mass is 9.91. The Morgan fingerprint density at radius 1 is 1.05 bits per heavy atom. The number of hydrogen-bond donors (Lipinski definition) is 2. The highest BCUT2D eigenvalue weighted by Gasteiger charge is 2.45. The molecule has 0 bridgehead atoms. The van der Waals surface area contributed by atoms with Crippen LogP contribution in [0.2, 0.25) is 0 Å². The van der Waals surface area contributed by atoms with Crippen LogP contribution in [0.1, 0.15) is 53.0 Å². The molecular weight excluding hydrogens is 489 g/mol. The molecule has 11 heteroatoms. The van der Waals surface area contributed by atoms with Crippen LogP contribution in [-0.4, -0.2) is 33.4 Å². The number of ketones is 1. The summed E-state index contributed by atoms with van der Waals surface area (Å²) in [6.07, 6.45) is -4.89. The van der Waals surface area contributed by atoms with Crippen molar-refractivity contribution in [2.75, 3.05) is 4.90 Å². The summed E-state index contributed by atoms with van der Waals surface area (Å²) in [5, 5.41) is 18.8. The zero-order valence-corrected chi connectivity index (χ0v) is 19.9. The minimum Gasteiger partial charge on any atom is -0.503 e. The first-order valence-corrected chi connectivity index (χ1v) is 11.3. The van der Waals surface area contributed by atoms with Gasteiger partial charge in [-0.05, 0) is 41.3 Å². The van der Waals surface area contributed by atoms with Crippen LogP contribution in [0.3, 0.4) is 0 Å². The number of Topliss-reactive ketones (excluding diaryl/α,β-unsaturated/α-hetero) is 1. The Kier molecular flexibility index (Phi) is 6.99. The molecule has 8 nitrogen and oxygen atoms in total. The van der Waals surface area contributed by atoms with Gasteiger partial charge in [0.05, 0.1) is 17.3 Å². The number of carbonyl (C=O) groups excluding carboxylic acids is 2. The van der Waals surface area contributed by atoms with Crippen molar-refractivity contribution >= 4 is 17.5 Å². The average Bonchev–Trinajstić information content (AvgIpc) is 3.13. The molecule has 0 radical (unpaired) electrons. The van der Waals surface area contributed by atoms with Crippen molar-refractivity contribution in [3.8, 4) is 5.75 Å². The van der Waals surface area contributed by atoms with E-state index in [0.29, 0.717) is 5.69 Å². The Bertz CT molecular complexity index is 1340. The van der Waals surface area contributed by atoms with Crippen molar-refractivity contribution in [1.82, 2.24) is 10.2 Å². The third-order valence-corrected chi connectivity index (χ3v) is 5.88. The van der Waals surface area contributed by atoms with Crippen molar-refractivity contribution in [2.24, 2.45) is 5.73 Å². The zero-order chi connectivity index (χ0) is 26.9. The summed E-state index contributed by atoms with van der Waals surface area (Å²) in [4.78, 5) is 27.8. The normalized spacial score (nSPS) is 16.0. The third-order valence-electron chi connectivity index (χ3n) is 5.88. The largest absolute Gasteiger partial charge is 0.573 e. The quantitative estimate of drug-likeness (QED) is 0.439. The van der Waals surface area contributed by atoms with E-state index in [2.05, 4.69) is 14.9 Å². The predicted molar refractivity (Wildman–Crippen MR) is 128 cm³/mol. The average molecular weight is 512 g/mol. The van der Waals surface area contributed by atoms with Crippen LogP contribution in [0.15, 0.2) is 72.0 Å². The van der Waals surface area contributed by atoms with Crippen LogP contribution in [0.4, 0.5) is 19.0 Å². The number of rotatable bonds is 7. The number of hydrogen-bond acceptors (Lipinski definition) is 7. The van der Waals surface area contributed by atoms with Crippen LogP contribution < -0.4 is 15.4 Å². The highest BCUT2D eigenvalue weighted by molar-refractivity contribution is 6.20. The molecule has 2 aromatic carbocycles. The second-order valence-electron chi connectivity index (χ2n) is 8.65. The number of ether oxygens (including phenoxy) is 1. The molecule has 1 aliphatic heterocycles. The second-order valence-corrected chi connectivity index (χ2v) is 8.65. The number of halogens is 3. The summed E-state index contributed by atoms with van der Waals surface area (Å²) in [7, 11) is 0. The first kappa shape index (κ1) is 25.8. The summed E-state index contributed by atoms with van der Waals surface area (Å²) in [5.41, 5.74) is 7.24. The van der Waals surface area contributed by atoms with Gasteiger partial charge < -0.3 is 15.6 Å². The van der Waals surface area contributed by atoms with Gasteiger partial charge in [-0.2, -0.15) is 5.10 Å². The highest BCUT2D eigenvalue weighted by atomic mass is 19.4. The van der Waals surface area contributed by atoms with E-state index in [1.165, 1.54) is 24.3 Å². The lowest BCUT2D eigenvalue weighted by molar-refractivity contribution is -0.274. The van der Waals surface area contributed by atoms with E-state index < -0.39 is 35.6 Å². The standard InChI is InChI=1S/C26H23F3N4O4/c1-14(2)15-3-5-17(6-4-15)23(34)21-22(16-7-10-19(11-8-16)37-26(27,28)29)33(25(36)24(21)35)20-12-9-18(13-30)31-32-20/h3-12,14,22,35H,13,30H2,1-2H3/t22-/m1/s1. The first-order chi connectivity index (χ1) is 17.5. The van der Waals surface area contributed by atoms with Crippen molar-refractivity contribution in [2.45, 2.75) is 38.7 Å². The highest BCUT2D eigenvalue weighted by Crippen LogP contribution is 2.41. The number of aliphatic hydroxyl groups excluding tert-OH is 1. The van der Waals surface area contributed by atoms with Crippen molar-refractivity contribution in [1.29, 1.82) is 0 Å². The number of aromatic nitrogens is 2. The Balaban J connectivity index is 1.79. The monoisotopic (exact) mass is 512 g/mol. The van der Waals surface area contributed by atoms with Crippen LogP contribution in [0.25, 0.3) is 0 Å². The third kappa shape index (κ3) is 5.31. The minimum atomic E-state index is -4.89. The van der Waals surface area contributed by atoms with Crippen LogP contribution in [-0.2, 0) is 11.3 Å². The van der Waals surface area contributed by atoms with Gasteiger partial charge in [0.25, 0.3) is 5.91 Å². The zero-order valence-electron chi connectivity index (χ0n) is 19.9. The van der Waals surface area contributed by atoms with E-state index in [-0.39, 0.29) is 35.0 Å². The molecule has 1 amide bonds. The van der Waals surface area contributed by atoms with Gasteiger partial charge in [-0.3, -0.25) is 14.5 Å². The van der Waals surface area contributed by atoms with Crippen LogP contribution in [0, 0.1) is 0 Å². The predicted octanol–water partition coefficient (Wildman–Crippen LogP) is 4.74. The van der Waals surface area contributed by atoms with Gasteiger partial charge in [-0.25, -0.2) is 0 Å². The summed E-state index contributed by atoms with van der Waals surface area (Å²) in [6.45, 7) is 4.10. The van der Waals surface area contributed by atoms with Gasteiger partial charge >= 0.3 is 6.36 Å². The fourth-order valence-electron chi connectivity index (χ4n) is 4.01. The van der Waals surface area contributed by atoms with E-state index in [0.717, 1.165) is 22.6 Å². The topological polar surface area (TPSA) is 119 Å². The van der Waals surface area contributed by atoms with E-state index in [9.17, 15) is 27.9 Å². The fourth-order valence-corrected chi connectivity index (χ4v) is 4.01. The van der Waals surface area contributed by atoms with Gasteiger partial charge in [0.15, 0.2) is 17.4 Å². The molecule has 0 unspecified atom stereocenters. The molecule has 192 valence electrons. The maximum Gasteiger partial charge on any atom is 0.573 e. The SMILES string of the molecule is CC(C)c1ccc(C(=O)C2=C(O)C(=O)N(c3ccc(CN)nn3)[C@@H]2c2ccc(OC(F)(F)F)cc2)cc1. The lowest BCUT2D eigenvalue weighted by Crippen LogP contribution is -2.32. The Morgan fingerprint density at radius 2 is 1.70 bits per heavy atom. The Hall–Kier alpha value is -4.25. The second kappa shape index (κ2) is 10.0. The van der Waals surface area contributed by atoms with Crippen molar-refractivity contribution in [3.05, 3.63) is 94.4 Å². The Morgan fingerprint density at radius 3 is 2.22 bits per heavy atom. The number of nitrogens with two attached hydrogens (primary N) is 1. The van der Waals surface area contributed by atoms with E-state index in [4.69, 9.17) is 5.73 Å². The molecule has 1 aliphatic rings. The van der Waals surface area contributed by atoms with Gasteiger partial charge in [0.1, 0.15) is 5.75 Å². The number of aliphatic hydroxyl groups is 1. The smallest absolute Gasteiger partial charge is 0.503 e. The maximum atomic E-state index is 13.6. The summed E-state index contributed by atoms with van der Waals surface area (Å²) in [5.74, 6) is -2.55. The van der Waals surface area contributed by atoms with Gasteiger partial charge in [0, 0.05) is 12.1 Å². The number of nitrogens with zero attached hydrogens (tertiary/aromatic N) is 3. The van der Waals surface area contributed by atoms with Gasteiger partial charge in [-0.1, -0.05) is 50.2 Å². The van der Waals surface area contributed by atoms with Gasteiger partial charge in [0.2, 0.25) is 0 Å². The Labute approximate surface area is 210 Å². The first-order valence-electron chi connectivity index (χ1n) is 11.3. The van der Waals surface area contributed by atoms with E-state index in [1.807, 2.05) is 13.8 Å². The molecule has 0 saturated carbocycles. The van der Waals surface area contributed by atoms with Crippen molar-refractivity contribution < 1.29 is 32.6 Å². The van der Waals surface area contributed by atoms with Crippen LogP contribution >= 0.6 is 0 Å². The van der Waals surface area contributed by atoms with Crippen LogP contribution in [0.5, 0.6) is 5.75 Å². The molecule has 0 saturated heterocycles. The molecule has 0 aliphatic carbocycles. The fraction of sp³-hybridized carbons (Fsp3) is 0.231. The molecule has 1 atom stereocenters. The molecule has 3 aromatic rings. The molecule has 4 rings (SSSR count). The molecule has 1 aromatic heterocycles. The summed E-state index contributed by atoms with van der Waals surface area (Å²) >= 11 is 0. The molecular formula is C26H23F3N4O4. The minimum absolute atomic E-state index is 0.0207. The molecule has 37 heavy (non-hydrogen) atoms. The number of anilines is 1. The number of amides is 1. The van der Waals surface area contributed by atoms with Gasteiger partial charge in [-0.15, -0.1) is 18.3 Å². The molecule has 0 spiro atoms. The lowest BCUT2D eigenvalue weighted by Gasteiger charge is -2.26. The van der Waals surface area contributed by atoms with E-state index in [1.54, 1.807) is 24.3 Å².